The van der Waals surface area contributed by atoms with E-state index in [1.165, 1.54) is 0 Å². The summed E-state index contributed by atoms with van der Waals surface area (Å²) >= 11 is 0. The van der Waals surface area contributed by atoms with E-state index < -0.39 is 0 Å². The molecule has 0 saturated carbocycles. The predicted molar refractivity (Wildman–Crippen MR) is 106 cm³/mol. The van der Waals surface area contributed by atoms with Crippen molar-refractivity contribution >= 4 is 11.8 Å². The Morgan fingerprint density at radius 1 is 1.29 bits per heavy atom. The molecule has 1 aromatic heterocycles. The van der Waals surface area contributed by atoms with Crippen LogP contribution in [0.2, 0.25) is 0 Å². The number of aromatic amines is 1. The monoisotopic (exact) mass is 391 g/mol. The number of amides is 2. The van der Waals surface area contributed by atoms with Gasteiger partial charge in [0.1, 0.15) is 5.69 Å². The molecule has 3 heterocycles. The Kier molecular flexibility index (Phi) is 7.44. The number of rotatable bonds is 7. The van der Waals surface area contributed by atoms with Gasteiger partial charge < -0.3 is 15.0 Å². The van der Waals surface area contributed by atoms with E-state index in [2.05, 4.69) is 20.4 Å². The van der Waals surface area contributed by atoms with E-state index >= 15 is 0 Å². The van der Waals surface area contributed by atoms with Crippen LogP contribution in [0.25, 0.3) is 0 Å². The van der Waals surface area contributed by atoms with Crippen molar-refractivity contribution in [2.24, 2.45) is 5.92 Å². The molecule has 156 valence electrons. The molecule has 0 spiro atoms. The third-order valence-corrected chi connectivity index (χ3v) is 5.93. The fourth-order valence-corrected chi connectivity index (χ4v) is 4.22. The Bertz CT molecular complexity index is 654. The Hall–Kier alpha value is -1.93. The van der Waals surface area contributed by atoms with Gasteiger partial charge in [0, 0.05) is 45.0 Å². The first-order valence-electron chi connectivity index (χ1n) is 10.5. The van der Waals surface area contributed by atoms with Crippen LogP contribution in [0.5, 0.6) is 0 Å². The van der Waals surface area contributed by atoms with Gasteiger partial charge in [-0.2, -0.15) is 5.10 Å². The van der Waals surface area contributed by atoms with Crippen molar-refractivity contribution in [3.63, 3.8) is 0 Å². The van der Waals surface area contributed by atoms with E-state index in [1.54, 1.807) is 7.11 Å². The van der Waals surface area contributed by atoms with Crippen molar-refractivity contribution in [1.82, 2.24) is 25.3 Å². The summed E-state index contributed by atoms with van der Waals surface area (Å²) in [7, 11) is 1.64. The molecular formula is C20H33N5O3. The molecule has 2 amide bonds. The standard InChI is InChI=1S/C20H33N5O3/c1-3-16-13-18(23-22-16)20(27)24-10-6-17(7-11-24)25-9-4-5-15(14-25)19(26)21-8-12-28-2/h13,15,17H,3-12,14H2,1-2H3,(H,21,26)(H,22,23)/t15-/m0/s1. The number of carbonyl (C=O) groups excluding carboxylic acids is 2. The van der Waals surface area contributed by atoms with E-state index in [9.17, 15) is 9.59 Å². The molecule has 8 heteroatoms. The van der Waals surface area contributed by atoms with E-state index in [-0.39, 0.29) is 17.7 Å². The number of carbonyl (C=O) groups is 2. The van der Waals surface area contributed by atoms with E-state index in [4.69, 9.17) is 4.74 Å². The molecule has 0 aromatic carbocycles. The molecule has 1 aromatic rings. The molecule has 8 nitrogen and oxygen atoms in total. The molecule has 2 N–H and O–H groups in total. The molecule has 28 heavy (non-hydrogen) atoms. The summed E-state index contributed by atoms with van der Waals surface area (Å²) in [4.78, 5) is 29.4. The van der Waals surface area contributed by atoms with Crippen LogP contribution in [0.15, 0.2) is 6.07 Å². The van der Waals surface area contributed by atoms with Gasteiger partial charge in [0.15, 0.2) is 0 Å². The molecule has 2 aliphatic heterocycles. The second-order valence-electron chi connectivity index (χ2n) is 7.77. The number of aromatic nitrogens is 2. The Morgan fingerprint density at radius 3 is 2.75 bits per heavy atom. The van der Waals surface area contributed by atoms with E-state index in [0.717, 1.165) is 64.0 Å². The zero-order valence-corrected chi connectivity index (χ0v) is 17.1. The molecule has 2 fully saturated rings. The van der Waals surface area contributed by atoms with Gasteiger partial charge >= 0.3 is 0 Å². The summed E-state index contributed by atoms with van der Waals surface area (Å²) in [5.41, 5.74) is 1.50. The van der Waals surface area contributed by atoms with Crippen molar-refractivity contribution in [2.45, 2.75) is 45.1 Å². The average Bonchev–Trinajstić information content (AvgIpc) is 3.23. The first-order chi connectivity index (χ1) is 13.6. The first-order valence-corrected chi connectivity index (χ1v) is 10.5. The number of hydrogen-bond acceptors (Lipinski definition) is 5. The lowest BCUT2D eigenvalue weighted by molar-refractivity contribution is -0.127. The number of hydrogen-bond donors (Lipinski definition) is 2. The van der Waals surface area contributed by atoms with Crippen LogP contribution >= 0.6 is 0 Å². The Morgan fingerprint density at radius 2 is 2.07 bits per heavy atom. The van der Waals surface area contributed by atoms with Crippen LogP contribution in [0.3, 0.4) is 0 Å². The van der Waals surface area contributed by atoms with Gasteiger partial charge in [-0.3, -0.25) is 19.6 Å². The summed E-state index contributed by atoms with van der Waals surface area (Å²) in [6.07, 6.45) is 4.75. The predicted octanol–water partition coefficient (Wildman–Crippen LogP) is 1.05. The van der Waals surface area contributed by atoms with Gasteiger partial charge in [0.25, 0.3) is 5.91 Å². The van der Waals surface area contributed by atoms with Gasteiger partial charge in [-0.1, -0.05) is 6.92 Å². The highest BCUT2D eigenvalue weighted by Crippen LogP contribution is 2.24. The molecule has 0 aliphatic carbocycles. The first kappa shape index (κ1) is 20.8. The summed E-state index contributed by atoms with van der Waals surface area (Å²) in [5, 5.41) is 10.0. The van der Waals surface area contributed by atoms with Crippen LogP contribution in [0.4, 0.5) is 0 Å². The lowest BCUT2D eigenvalue weighted by Crippen LogP contribution is -2.51. The van der Waals surface area contributed by atoms with Crippen LogP contribution in [0.1, 0.15) is 48.8 Å². The zero-order chi connectivity index (χ0) is 19.9. The number of methoxy groups -OCH3 is 1. The fraction of sp³-hybridized carbons (Fsp3) is 0.750. The maximum atomic E-state index is 12.6. The average molecular weight is 392 g/mol. The lowest BCUT2D eigenvalue weighted by Gasteiger charge is -2.41. The van der Waals surface area contributed by atoms with E-state index in [0.29, 0.717) is 24.9 Å². The third kappa shape index (κ3) is 5.11. The highest BCUT2D eigenvalue weighted by molar-refractivity contribution is 5.92. The normalized spacial score (nSPS) is 21.6. The third-order valence-electron chi connectivity index (χ3n) is 5.93. The molecule has 0 bridgehead atoms. The molecule has 0 unspecified atom stereocenters. The van der Waals surface area contributed by atoms with Gasteiger partial charge in [-0.25, -0.2) is 0 Å². The maximum Gasteiger partial charge on any atom is 0.274 e. The molecule has 2 saturated heterocycles. The number of ether oxygens (including phenoxy) is 1. The van der Waals surface area contributed by atoms with Crippen LogP contribution in [-0.2, 0) is 16.0 Å². The highest BCUT2D eigenvalue weighted by Gasteiger charge is 2.33. The quantitative estimate of drug-likeness (QED) is 0.678. The smallest absolute Gasteiger partial charge is 0.274 e. The topological polar surface area (TPSA) is 90.6 Å². The molecule has 3 rings (SSSR count). The summed E-state index contributed by atoms with van der Waals surface area (Å²) in [6, 6.07) is 2.30. The summed E-state index contributed by atoms with van der Waals surface area (Å²) in [5.74, 6) is 0.213. The highest BCUT2D eigenvalue weighted by atomic mass is 16.5. The van der Waals surface area contributed by atoms with Crippen molar-refractivity contribution in [2.75, 3.05) is 46.4 Å². The fourth-order valence-electron chi connectivity index (χ4n) is 4.22. The van der Waals surface area contributed by atoms with Crippen molar-refractivity contribution in [3.05, 3.63) is 17.5 Å². The van der Waals surface area contributed by atoms with Crippen molar-refractivity contribution in [1.29, 1.82) is 0 Å². The van der Waals surface area contributed by atoms with Crippen molar-refractivity contribution < 1.29 is 14.3 Å². The molecule has 2 aliphatic rings. The number of piperidine rings is 2. The van der Waals surface area contributed by atoms with Gasteiger partial charge in [-0.05, 0) is 44.7 Å². The number of aryl methyl sites for hydroxylation is 1. The number of H-pyrrole nitrogens is 1. The SMILES string of the molecule is CCc1cc(C(=O)N2CCC(N3CCC[C@H](C(=O)NCCOC)C3)CC2)n[nH]1. The zero-order valence-electron chi connectivity index (χ0n) is 17.1. The van der Waals surface area contributed by atoms with Crippen LogP contribution in [0, 0.1) is 5.92 Å². The number of nitrogens with zero attached hydrogens (tertiary/aromatic N) is 3. The minimum Gasteiger partial charge on any atom is -0.383 e. The van der Waals surface area contributed by atoms with Gasteiger partial charge in [0.05, 0.1) is 12.5 Å². The van der Waals surface area contributed by atoms with Crippen LogP contribution in [-0.4, -0.2) is 84.3 Å². The van der Waals surface area contributed by atoms with Gasteiger partial charge in [0.2, 0.25) is 5.91 Å². The summed E-state index contributed by atoms with van der Waals surface area (Å²) < 4.78 is 5.00. The van der Waals surface area contributed by atoms with Gasteiger partial charge in [-0.15, -0.1) is 0 Å². The molecular weight excluding hydrogens is 358 g/mol. The lowest BCUT2D eigenvalue weighted by atomic mass is 9.93. The minimum absolute atomic E-state index is 0.0171. The Labute approximate surface area is 167 Å². The second kappa shape index (κ2) is 10.0. The molecule has 1 atom stereocenters. The van der Waals surface area contributed by atoms with Crippen molar-refractivity contribution in [3.8, 4) is 0 Å². The van der Waals surface area contributed by atoms with E-state index in [1.807, 2.05) is 17.9 Å². The number of likely N-dealkylation sites (tertiary alicyclic amines) is 2. The maximum absolute atomic E-state index is 12.6. The largest absolute Gasteiger partial charge is 0.383 e. The Balaban J connectivity index is 1.47. The van der Waals surface area contributed by atoms with Crippen LogP contribution < -0.4 is 5.32 Å². The second-order valence-corrected chi connectivity index (χ2v) is 7.77. The molecule has 0 radical (unpaired) electrons. The number of nitrogens with one attached hydrogen (secondary N) is 2. The summed E-state index contributed by atoms with van der Waals surface area (Å²) in [6.45, 7) is 6.51. The minimum atomic E-state index is 0.0171.